The van der Waals surface area contributed by atoms with E-state index in [2.05, 4.69) is 31.2 Å². The fraction of sp³-hybridized carbons (Fsp3) is 0.318. The molecule has 29 heavy (non-hydrogen) atoms. The smallest absolute Gasteiger partial charge is 0.128 e. The van der Waals surface area contributed by atoms with E-state index >= 15 is 0 Å². The van der Waals surface area contributed by atoms with Crippen LogP contribution in [0.15, 0.2) is 53.1 Å². The molecule has 1 N–H and O–H groups in total. The summed E-state index contributed by atoms with van der Waals surface area (Å²) in [6.07, 6.45) is 4.33. The van der Waals surface area contributed by atoms with Gasteiger partial charge in [0.25, 0.3) is 0 Å². The van der Waals surface area contributed by atoms with Crippen LogP contribution in [0, 0.1) is 5.82 Å². The zero-order valence-electron chi connectivity index (χ0n) is 16.4. The zero-order valence-corrected chi connectivity index (χ0v) is 18.0. The van der Waals surface area contributed by atoms with Gasteiger partial charge >= 0.3 is 0 Å². The van der Waals surface area contributed by atoms with E-state index in [1.54, 1.807) is 18.3 Å². The van der Waals surface area contributed by atoms with E-state index in [-0.39, 0.29) is 5.82 Å². The first kappa shape index (κ1) is 19.9. The topological polar surface area (TPSA) is 42.3 Å². The fourth-order valence-corrected chi connectivity index (χ4v) is 4.18. The van der Waals surface area contributed by atoms with Crippen molar-refractivity contribution in [3.8, 4) is 17.0 Å². The number of ether oxygens (including phenoxy) is 1. The number of nitrogens with one attached hydrogen (secondary N) is 1. The monoisotopic (exact) mass is 458 g/mol. The average Bonchev–Trinajstić information content (AvgIpc) is 3.34. The first-order chi connectivity index (χ1) is 14.1. The van der Waals surface area contributed by atoms with Gasteiger partial charge in [0.15, 0.2) is 0 Å². The van der Waals surface area contributed by atoms with Gasteiger partial charge < -0.3 is 10.1 Å². The highest BCUT2D eigenvalue weighted by Gasteiger charge is 2.16. The Morgan fingerprint density at radius 2 is 1.83 bits per heavy atom. The van der Waals surface area contributed by atoms with Crippen LogP contribution in [-0.4, -0.2) is 40.9 Å². The molecule has 7 heteroatoms. The summed E-state index contributed by atoms with van der Waals surface area (Å²) in [5.41, 5.74) is 3.62. The van der Waals surface area contributed by atoms with Crippen molar-refractivity contribution in [2.45, 2.75) is 12.8 Å². The molecule has 0 radical (unpaired) electrons. The maximum absolute atomic E-state index is 13.2. The van der Waals surface area contributed by atoms with Crippen LogP contribution in [0.4, 0.5) is 15.8 Å². The maximum atomic E-state index is 13.2. The second-order valence-electron chi connectivity index (χ2n) is 7.20. The van der Waals surface area contributed by atoms with Crippen LogP contribution in [0.2, 0.25) is 0 Å². The van der Waals surface area contributed by atoms with Crippen molar-refractivity contribution >= 4 is 27.3 Å². The molecular formula is C22H24BrFN4O. The number of anilines is 2. The van der Waals surface area contributed by atoms with E-state index < -0.39 is 0 Å². The lowest BCUT2D eigenvalue weighted by Gasteiger charge is -2.18. The molecule has 4 rings (SSSR count). The molecular weight excluding hydrogens is 435 g/mol. The van der Waals surface area contributed by atoms with E-state index in [4.69, 9.17) is 4.74 Å². The SMILES string of the molecule is Cn1ncc(Br)c1-c1cc(Nc2ccc(F)cc2)ccc1OCCN1CCCC1. The first-order valence-corrected chi connectivity index (χ1v) is 10.6. The van der Waals surface area contributed by atoms with Crippen LogP contribution in [0.3, 0.4) is 0 Å². The van der Waals surface area contributed by atoms with Gasteiger partial charge in [0.2, 0.25) is 0 Å². The minimum Gasteiger partial charge on any atom is -0.492 e. The highest BCUT2D eigenvalue weighted by molar-refractivity contribution is 9.10. The number of halogens is 2. The lowest BCUT2D eigenvalue weighted by Crippen LogP contribution is -2.25. The molecule has 1 fully saturated rings. The summed E-state index contributed by atoms with van der Waals surface area (Å²) in [6.45, 7) is 3.89. The number of hydrogen-bond acceptors (Lipinski definition) is 4. The molecule has 1 aliphatic rings. The molecule has 2 heterocycles. The van der Waals surface area contributed by atoms with Gasteiger partial charge in [0.05, 0.1) is 16.4 Å². The Hall–Kier alpha value is -2.38. The third-order valence-electron chi connectivity index (χ3n) is 5.13. The maximum Gasteiger partial charge on any atom is 0.128 e. The van der Waals surface area contributed by atoms with Gasteiger partial charge in [0.1, 0.15) is 18.2 Å². The van der Waals surface area contributed by atoms with Gasteiger partial charge in [-0.15, -0.1) is 0 Å². The van der Waals surface area contributed by atoms with Gasteiger partial charge in [-0.2, -0.15) is 5.10 Å². The van der Waals surface area contributed by atoms with Crippen LogP contribution in [0.1, 0.15) is 12.8 Å². The Bertz CT molecular complexity index is 948. The van der Waals surface area contributed by atoms with E-state index in [1.165, 1.54) is 25.0 Å². The first-order valence-electron chi connectivity index (χ1n) is 9.80. The van der Waals surface area contributed by atoms with Crippen LogP contribution in [-0.2, 0) is 7.05 Å². The molecule has 1 saturated heterocycles. The van der Waals surface area contributed by atoms with Crippen LogP contribution in [0.25, 0.3) is 11.3 Å². The van der Waals surface area contributed by atoms with Gasteiger partial charge in [-0.1, -0.05) is 0 Å². The molecule has 0 unspecified atom stereocenters. The molecule has 0 aliphatic carbocycles. The standard InChI is InChI=1S/C22H24BrFN4O/c1-27-22(20(23)15-25-27)19-14-18(26-17-6-4-16(24)5-7-17)8-9-21(19)29-13-12-28-10-2-3-11-28/h4-9,14-15,26H,2-3,10-13H2,1H3. The van der Waals surface area contributed by atoms with E-state index in [9.17, 15) is 4.39 Å². The Morgan fingerprint density at radius 1 is 1.10 bits per heavy atom. The summed E-state index contributed by atoms with van der Waals surface area (Å²) in [4.78, 5) is 2.43. The molecule has 0 amide bonds. The number of hydrogen-bond donors (Lipinski definition) is 1. The third-order valence-corrected chi connectivity index (χ3v) is 5.71. The highest BCUT2D eigenvalue weighted by Crippen LogP contribution is 2.37. The van der Waals surface area contributed by atoms with Crippen molar-refractivity contribution in [3.05, 3.63) is 59.0 Å². The minimum absolute atomic E-state index is 0.253. The predicted octanol–water partition coefficient (Wildman–Crippen LogP) is 5.21. The highest BCUT2D eigenvalue weighted by atomic mass is 79.9. The average molecular weight is 459 g/mol. The van der Waals surface area contributed by atoms with Crippen molar-refractivity contribution in [1.29, 1.82) is 0 Å². The van der Waals surface area contributed by atoms with E-state index in [0.29, 0.717) is 6.61 Å². The fourth-order valence-electron chi connectivity index (χ4n) is 3.62. The summed E-state index contributed by atoms with van der Waals surface area (Å²) >= 11 is 3.60. The molecule has 0 saturated carbocycles. The van der Waals surface area contributed by atoms with Crippen molar-refractivity contribution in [1.82, 2.24) is 14.7 Å². The predicted molar refractivity (Wildman–Crippen MR) is 117 cm³/mol. The van der Waals surface area contributed by atoms with Crippen molar-refractivity contribution in [2.75, 3.05) is 31.6 Å². The van der Waals surface area contributed by atoms with Crippen LogP contribution < -0.4 is 10.1 Å². The molecule has 0 spiro atoms. The minimum atomic E-state index is -0.253. The number of likely N-dealkylation sites (tertiary alicyclic amines) is 1. The van der Waals surface area contributed by atoms with Gasteiger partial charge in [0, 0.05) is 30.5 Å². The quantitative estimate of drug-likeness (QED) is 0.527. The number of rotatable bonds is 7. The molecule has 2 aromatic carbocycles. The molecule has 0 bridgehead atoms. The van der Waals surface area contributed by atoms with E-state index in [1.807, 2.05) is 29.9 Å². The lowest BCUT2D eigenvalue weighted by molar-refractivity contribution is 0.238. The van der Waals surface area contributed by atoms with Crippen molar-refractivity contribution < 1.29 is 9.13 Å². The van der Waals surface area contributed by atoms with E-state index in [0.717, 1.165) is 52.5 Å². The number of aryl methyl sites for hydroxylation is 1. The largest absolute Gasteiger partial charge is 0.492 e. The van der Waals surface area contributed by atoms with Gasteiger partial charge in [-0.3, -0.25) is 9.58 Å². The Morgan fingerprint density at radius 3 is 2.52 bits per heavy atom. The third kappa shape index (κ3) is 4.79. The normalized spacial score (nSPS) is 14.3. The zero-order chi connectivity index (χ0) is 20.2. The molecule has 5 nitrogen and oxygen atoms in total. The van der Waals surface area contributed by atoms with Crippen molar-refractivity contribution in [2.24, 2.45) is 7.05 Å². The van der Waals surface area contributed by atoms with Crippen LogP contribution in [0.5, 0.6) is 5.75 Å². The summed E-state index contributed by atoms with van der Waals surface area (Å²) in [6, 6.07) is 12.3. The molecule has 3 aromatic rings. The number of benzene rings is 2. The summed E-state index contributed by atoms with van der Waals surface area (Å²) in [5, 5.41) is 7.67. The van der Waals surface area contributed by atoms with Gasteiger partial charge in [-0.25, -0.2) is 4.39 Å². The summed E-state index contributed by atoms with van der Waals surface area (Å²) in [5.74, 6) is 0.565. The Kier molecular flexibility index (Phi) is 6.16. The molecule has 1 aromatic heterocycles. The summed E-state index contributed by atoms with van der Waals surface area (Å²) in [7, 11) is 1.91. The Labute approximate surface area is 178 Å². The second-order valence-corrected chi connectivity index (χ2v) is 8.06. The Balaban J connectivity index is 1.58. The number of aromatic nitrogens is 2. The molecule has 0 atom stereocenters. The molecule has 1 aliphatic heterocycles. The van der Waals surface area contributed by atoms with Gasteiger partial charge in [-0.05, 0) is 84.3 Å². The second kappa shape index (κ2) is 8.97. The molecule has 152 valence electrons. The van der Waals surface area contributed by atoms with Crippen LogP contribution >= 0.6 is 15.9 Å². The van der Waals surface area contributed by atoms with Crippen molar-refractivity contribution in [3.63, 3.8) is 0 Å². The lowest BCUT2D eigenvalue weighted by atomic mass is 10.1. The number of nitrogens with zero attached hydrogens (tertiary/aromatic N) is 3. The summed E-state index contributed by atoms with van der Waals surface area (Å²) < 4.78 is 22.1.